The maximum absolute atomic E-state index is 12.8. The van der Waals surface area contributed by atoms with Crippen molar-refractivity contribution >= 4 is 45.9 Å². The van der Waals surface area contributed by atoms with E-state index in [4.69, 9.17) is 27.9 Å². The van der Waals surface area contributed by atoms with E-state index < -0.39 is 11.8 Å². The van der Waals surface area contributed by atoms with Crippen molar-refractivity contribution < 1.29 is 14.3 Å². The van der Waals surface area contributed by atoms with Gasteiger partial charge in [0, 0.05) is 33.6 Å². The van der Waals surface area contributed by atoms with Gasteiger partial charge in [-0.2, -0.15) is 0 Å². The van der Waals surface area contributed by atoms with Gasteiger partial charge in [-0.15, -0.1) is 0 Å². The van der Waals surface area contributed by atoms with Crippen LogP contribution in [-0.4, -0.2) is 21.7 Å². The molecule has 1 N–H and O–H groups in total. The largest absolute Gasteiger partial charge is 0.423 e. The second-order valence-electron chi connectivity index (χ2n) is 5.04. The Bertz CT molecular complexity index is 950. The van der Waals surface area contributed by atoms with Crippen LogP contribution in [0.4, 0.5) is 0 Å². The first kappa shape index (κ1) is 16.5. The van der Waals surface area contributed by atoms with Crippen LogP contribution in [0.5, 0.6) is 5.75 Å². The summed E-state index contributed by atoms with van der Waals surface area (Å²) in [6, 6.07) is 8.05. The van der Waals surface area contributed by atoms with E-state index in [1.807, 2.05) is 0 Å². The zero-order chi connectivity index (χ0) is 17.3. The number of rotatable bonds is 4. The first-order valence-corrected chi connectivity index (χ1v) is 7.93. The molecule has 2 heterocycles. The minimum atomic E-state index is -0.455. The predicted octanol–water partition coefficient (Wildman–Crippen LogP) is 4.42. The summed E-state index contributed by atoms with van der Waals surface area (Å²) >= 11 is 11.9. The molecule has 0 aliphatic rings. The fourth-order valence-corrected chi connectivity index (χ4v) is 2.58. The van der Waals surface area contributed by atoms with Crippen LogP contribution < -0.4 is 4.74 Å². The molecular formula is C17H12Cl2N2O3. The molecule has 0 amide bonds. The summed E-state index contributed by atoms with van der Waals surface area (Å²) in [6.45, 7) is 1.67. The highest BCUT2D eigenvalue weighted by molar-refractivity contribution is 6.32. The number of carbonyl (C=O) groups excluding carboxylic acids is 2. The fourth-order valence-electron chi connectivity index (χ4n) is 2.25. The van der Waals surface area contributed by atoms with E-state index in [0.717, 1.165) is 0 Å². The number of halogens is 2. The number of aromatic nitrogens is 2. The number of hydrogen-bond acceptors (Lipinski definition) is 4. The van der Waals surface area contributed by atoms with Crippen LogP contribution >= 0.6 is 23.2 Å². The molecule has 1 aromatic carbocycles. The van der Waals surface area contributed by atoms with Gasteiger partial charge in [-0.05, 0) is 30.3 Å². The Morgan fingerprint density at radius 3 is 2.62 bits per heavy atom. The van der Waals surface area contributed by atoms with Crippen LogP contribution in [-0.2, 0) is 4.79 Å². The Morgan fingerprint density at radius 1 is 1.17 bits per heavy atom. The number of nitrogens with one attached hydrogen (secondary N) is 1. The molecule has 24 heavy (non-hydrogen) atoms. The number of carbonyl (C=O) groups is 2. The Balaban J connectivity index is 2.17. The Labute approximate surface area is 147 Å². The molecule has 2 aromatic heterocycles. The molecule has 0 fully saturated rings. The monoisotopic (exact) mass is 362 g/mol. The van der Waals surface area contributed by atoms with Gasteiger partial charge < -0.3 is 9.72 Å². The van der Waals surface area contributed by atoms with Crippen molar-refractivity contribution in [1.82, 2.24) is 9.97 Å². The lowest BCUT2D eigenvalue weighted by atomic mass is 10.1. The van der Waals surface area contributed by atoms with Crippen molar-refractivity contribution in [2.75, 3.05) is 0 Å². The number of aromatic amines is 1. The zero-order valence-electron chi connectivity index (χ0n) is 12.6. The average Bonchev–Trinajstić information content (AvgIpc) is 2.92. The van der Waals surface area contributed by atoms with E-state index in [0.29, 0.717) is 20.9 Å². The summed E-state index contributed by atoms with van der Waals surface area (Å²) in [6.07, 6.45) is 1.61. The van der Waals surface area contributed by atoms with Crippen LogP contribution in [0.2, 0.25) is 10.0 Å². The predicted molar refractivity (Wildman–Crippen MR) is 91.9 cm³/mol. The highest BCUT2D eigenvalue weighted by Gasteiger charge is 2.23. The summed E-state index contributed by atoms with van der Waals surface area (Å²) in [5.74, 6) is -0.737. The summed E-state index contributed by atoms with van der Waals surface area (Å²) in [5.41, 5.74) is 0.904. The second-order valence-corrected chi connectivity index (χ2v) is 5.91. The molecule has 3 rings (SSSR count). The highest BCUT2D eigenvalue weighted by Crippen LogP contribution is 2.33. The average molecular weight is 363 g/mol. The summed E-state index contributed by atoms with van der Waals surface area (Å²) in [5, 5.41) is 1.41. The van der Waals surface area contributed by atoms with Crippen LogP contribution in [0.3, 0.4) is 0 Å². The van der Waals surface area contributed by atoms with E-state index in [1.165, 1.54) is 12.3 Å². The smallest absolute Gasteiger partial charge is 0.310 e. The van der Waals surface area contributed by atoms with Crippen molar-refractivity contribution in [3.05, 3.63) is 58.0 Å². The van der Waals surface area contributed by atoms with E-state index in [2.05, 4.69) is 9.97 Å². The quantitative estimate of drug-likeness (QED) is 0.550. The minimum Gasteiger partial charge on any atom is -0.423 e. The molecule has 0 aliphatic carbocycles. The number of H-pyrrole nitrogens is 1. The summed E-state index contributed by atoms with van der Waals surface area (Å²) < 4.78 is 5.37. The first-order chi connectivity index (χ1) is 11.5. The SMILES string of the molecule is CCC(=O)Oc1c(C(=O)c2cc(Cl)ccn2)[nH]c2ccc(Cl)cc12. The number of nitrogens with zero attached hydrogens (tertiary/aromatic N) is 1. The molecule has 0 bridgehead atoms. The third-order valence-corrected chi connectivity index (χ3v) is 3.87. The van der Waals surface area contributed by atoms with Gasteiger partial charge >= 0.3 is 5.97 Å². The Morgan fingerprint density at radius 2 is 1.92 bits per heavy atom. The van der Waals surface area contributed by atoms with Crippen molar-refractivity contribution in [3.8, 4) is 5.75 Å². The molecule has 0 unspecified atom stereocenters. The van der Waals surface area contributed by atoms with Crippen molar-refractivity contribution in [2.24, 2.45) is 0 Å². The summed E-state index contributed by atoms with van der Waals surface area (Å²) in [4.78, 5) is 31.5. The number of ether oxygens (including phenoxy) is 1. The molecule has 0 spiro atoms. The number of hydrogen-bond donors (Lipinski definition) is 1. The van der Waals surface area contributed by atoms with Gasteiger partial charge in [-0.3, -0.25) is 14.6 Å². The van der Waals surface area contributed by atoms with E-state index >= 15 is 0 Å². The fraction of sp³-hybridized carbons (Fsp3) is 0.118. The number of benzene rings is 1. The van der Waals surface area contributed by atoms with Gasteiger partial charge in [0.1, 0.15) is 11.4 Å². The van der Waals surface area contributed by atoms with Crippen molar-refractivity contribution in [3.63, 3.8) is 0 Å². The lowest BCUT2D eigenvalue weighted by Gasteiger charge is -2.05. The van der Waals surface area contributed by atoms with Gasteiger partial charge in [-0.1, -0.05) is 30.1 Å². The third-order valence-electron chi connectivity index (χ3n) is 3.40. The zero-order valence-corrected chi connectivity index (χ0v) is 14.1. The van der Waals surface area contributed by atoms with Crippen molar-refractivity contribution in [1.29, 1.82) is 0 Å². The molecule has 122 valence electrons. The molecule has 5 nitrogen and oxygen atoms in total. The second kappa shape index (κ2) is 6.63. The Hall–Kier alpha value is -2.37. The highest BCUT2D eigenvalue weighted by atomic mass is 35.5. The Kier molecular flexibility index (Phi) is 4.55. The van der Waals surface area contributed by atoms with E-state index in [-0.39, 0.29) is 23.6 Å². The van der Waals surface area contributed by atoms with Crippen LogP contribution in [0.25, 0.3) is 10.9 Å². The van der Waals surface area contributed by atoms with E-state index in [9.17, 15) is 9.59 Å². The van der Waals surface area contributed by atoms with Gasteiger partial charge in [0.15, 0.2) is 5.75 Å². The minimum absolute atomic E-state index is 0.129. The van der Waals surface area contributed by atoms with E-state index in [1.54, 1.807) is 31.2 Å². The number of ketones is 1. The lowest BCUT2D eigenvalue weighted by molar-refractivity contribution is -0.133. The standard InChI is InChI=1S/C17H12Cl2N2O3/c1-2-14(22)24-17-11-7-9(18)3-4-12(11)21-15(17)16(23)13-8-10(19)5-6-20-13/h3-8,21H,2H2,1H3. The normalized spacial score (nSPS) is 10.8. The molecule has 7 heteroatoms. The maximum Gasteiger partial charge on any atom is 0.310 e. The molecular weight excluding hydrogens is 351 g/mol. The summed E-state index contributed by atoms with van der Waals surface area (Å²) in [7, 11) is 0. The van der Waals surface area contributed by atoms with Gasteiger partial charge in [0.25, 0.3) is 0 Å². The number of fused-ring (bicyclic) bond motifs is 1. The molecule has 3 aromatic rings. The molecule has 0 saturated heterocycles. The first-order valence-electron chi connectivity index (χ1n) is 7.17. The molecule has 0 aliphatic heterocycles. The van der Waals surface area contributed by atoms with Crippen LogP contribution in [0.15, 0.2) is 36.5 Å². The number of esters is 1. The van der Waals surface area contributed by atoms with Gasteiger partial charge in [0.05, 0.1) is 0 Å². The van der Waals surface area contributed by atoms with Gasteiger partial charge in [0.2, 0.25) is 5.78 Å². The lowest BCUT2D eigenvalue weighted by Crippen LogP contribution is -2.11. The third kappa shape index (κ3) is 3.13. The van der Waals surface area contributed by atoms with Crippen LogP contribution in [0, 0.1) is 0 Å². The van der Waals surface area contributed by atoms with Crippen molar-refractivity contribution in [2.45, 2.75) is 13.3 Å². The van der Waals surface area contributed by atoms with Crippen LogP contribution in [0.1, 0.15) is 29.5 Å². The number of pyridine rings is 1. The molecule has 0 saturated carbocycles. The molecule has 0 atom stereocenters. The molecule has 0 radical (unpaired) electrons. The van der Waals surface area contributed by atoms with Gasteiger partial charge in [-0.25, -0.2) is 0 Å². The maximum atomic E-state index is 12.8. The topological polar surface area (TPSA) is 72.1 Å².